The van der Waals surface area contributed by atoms with Crippen molar-refractivity contribution in [2.24, 2.45) is 0 Å². The van der Waals surface area contributed by atoms with Crippen LogP contribution in [0.4, 0.5) is 17.1 Å². The molecule has 0 saturated heterocycles. The molecule has 7 aromatic rings. The summed E-state index contributed by atoms with van der Waals surface area (Å²) in [5.74, 6) is -0.00640. The summed E-state index contributed by atoms with van der Waals surface area (Å²) in [6, 6.07) is 45.7. The largest absolute Gasteiger partial charge is 0.306 e. The Morgan fingerprint density at radius 3 is 1.25 bits per heavy atom. The van der Waals surface area contributed by atoms with E-state index < -0.39 is 0 Å². The highest BCUT2D eigenvalue weighted by molar-refractivity contribution is 6.11. The topological polar surface area (TPSA) is 23.1 Å². The monoisotopic (exact) mass is 460 g/mol. The smallest absolute Gasteiger partial charge is 0.202 e. The van der Waals surface area contributed by atoms with Crippen molar-refractivity contribution in [2.45, 2.75) is 0 Å². The first-order valence-electron chi connectivity index (χ1n) is 12.2. The third kappa shape index (κ3) is 3.27. The minimum absolute atomic E-state index is 0.00640. The summed E-state index contributed by atoms with van der Waals surface area (Å²) in [4.78, 5) is 2.14. The molecule has 36 heavy (non-hydrogen) atoms. The fraction of sp³-hybridized carbons (Fsp3) is 0. The van der Waals surface area contributed by atoms with E-state index in [0.717, 1.165) is 32.9 Å². The molecule has 0 heterocycles. The second-order valence-electron chi connectivity index (χ2n) is 9.20. The molecule has 0 unspecified atom stereocenters. The van der Waals surface area contributed by atoms with Crippen LogP contribution in [0.1, 0.15) is 0 Å². The van der Waals surface area contributed by atoms with Crippen LogP contribution >= 0.6 is 0 Å². The Morgan fingerprint density at radius 2 is 0.750 bits per heavy atom. The number of benzene rings is 7. The Labute approximate surface area is 209 Å². The zero-order chi connectivity index (χ0) is 24.1. The standard InChI is InChI=1S/C34H22NO/c36-34-18-6-5-15-33(34)35(31-16-7-13-27-19-23-9-1-3-11-25(23)21-29(27)31)32-17-8-14-28-20-24-10-2-4-12-26(24)22-30(28)32/h1-22H. The van der Waals surface area contributed by atoms with Crippen LogP contribution in [-0.2, 0) is 5.11 Å². The van der Waals surface area contributed by atoms with Gasteiger partial charge in [-0.25, -0.2) is 0 Å². The van der Waals surface area contributed by atoms with Crippen LogP contribution in [0.15, 0.2) is 133 Å². The van der Waals surface area contributed by atoms with Gasteiger partial charge in [-0.1, -0.05) is 84.9 Å². The van der Waals surface area contributed by atoms with Crippen molar-refractivity contribution < 1.29 is 5.11 Å². The maximum atomic E-state index is 13.3. The first-order valence-corrected chi connectivity index (χ1v) is 12.2. The lowest BCUT2D eigenvalue weighted by Gasteiger charge is -2.28. The number of rotatable bonds is 3. The van der Waals surface area contributed by atoms with Gasteiger partial charge in [-0.15, -0.1) is 0 Å². The van der Waals surface area contributed by atoms with E-state index in [2.05, 4.69) is 114 Å². The Morgan fingerprint density at radius 1 is 0.361 bits per heavy atom. The van der Waals surface area contributed by atoms with Gasteiger partial charge < -0.3 is 4.90 Å². The molecule has 0 fully saturated rings. The van der Waals surface area contributed by atoms with E-state index in [1.807, 2.05) is 12.1 Å². The molecule has 0 aliphatic heterocycles. The van der Waals surface area contributed by atoms with Gasteiger partial charge in [0, 0.05) is 10.8 Å². The molecule has 0 aromatic heterocycles. The maximum absolute atomic E-state index is 13.3. The zero-order valence-electron chi connectivity index (χ0n) is 19.6. The van der Waals surface area contributed by atoms with Crippen molar-refractivity contribution in [3.05, 3.63) is 133 Å². The van der Waals surface area contributed by atoms with Gasteiger partial charge in [-0.05, 0) is 80.8 Å². The third-order valence-corrected chi connectivity index (χ3v) is 7.04. The molecule has 0 amide bonds. The fourth-order valence-corrected chi connectivity index (χ4v) is 5.32. The predicted octanol–water partition coefficient (Wildman–Crippen LogP) is 9.91. The molecule has 0 saturated carbocycles. The first-order chi connectivity index (χ1) is 17.8. The molecule has 169 valence electrons. The van der Waals surface area contributed by atoms with Crippen molar-refractivity contribution in [2.75, 3.05) is 4.90 Å². The SMILES string of the molecule is [O]c1ccccc1N(c1cccc2cc3ccccc3cc12)c1cccc2cc3ccccc3cc12. The molecule has 0 aliphatic carbocycles. The van der Waals surface area contributed by atoms with Gasteiger partial charge in [-0.2, -0.15) is 0 Å². The number of anilines is 3. The molecule has 0 spiro atoms. The van der Waals surface area contributed by atoms with Gasteiger partial charge >= 0.3 is 0 Å². The molecule has 0 bridgehead atoms. The van der Waals surface area contributed by atoms with Crippen LogP contribution < -0.4 is 4.90 Å². The molecule has 7 rings (SSSR count). The van der Waals surface area contributed by atoms with Crippen LogP contribution in [0.25, 0.3) is 43.1 Å². The first kappa shape index (κ1) is 20.5. The van der Waals surface area contributed by atoms with Gasteiger partial charge in [0.2, 0.25) is 5.75 Å². The average molecular weight is 461 g/mol. The third-order valence-electron chi connectivity index (χ3n) is 7.04. The Balaban J connectivity index is 1.58. The van der Waals surface area contributed by atoms with Crippen LogP contribution in [0.5, 0.6) is 5.75 Å². The Bertz CT molecular complexity index is 1800. The average Bonchev–Trinajstić information content (AvgIpc) is 2.92. The fourth-order valence-electron chi connectivity index (χ4n) is 5.32. The van der Waals surface area contributed by atoms with E-state index >= 15 is 0 Å². The van der Waals surface area contributed by atoms with E-state index in [4.69, 9.17) is 0 Å². The summed E-state index contributed by atoms with van der Waals surface area (Å²) < 4.78 is 0. The van der Waals surface area contributed by atoms with Gasteiger partial charge in [0.25, 0.3) is 0 Å². The number of para-hydroxylation sites is 2. The second kappa shape index (κ2) is 8.14. The normalized spacial score (nSPS) is 11.4. The summed E-state index contributed by atoms with van der Waals surface area (Å²) in [7, 11) is 0. The maximum Gasteiger partial charge on any atom is 0.202 e. The van der Waals surface area contributed by atoms with Gasteiger partial charge in [0.05, 0.1) is 17.1 Å². The van der Waals surface area contributed by atoms with Crippen LogP contribution in [0.2, 0.25) is 0 Å². The molecule has 0 N–H and O–H groups in total. The van der Waals surface area contributed by atoms with Gasteiger partial charge in [0.15, 0.2) is 0 Å². The number of hydrogen-bond donors (Lipinski definition) is 0. The van der Waals surface area contributed by atoms with Crippen molar-refractivity contribution >= 4 is 60.2 Å². The van der Waals surface area contributed by atoms with Crippen molar-refractivity contribution in [1.29, 1.82) is 0 Å². The van der Waals surface area contributed by atoms with E-state index in [9.17, 15) is 5.11 Å². The lowest BCUT2D eigenvalue weighted by molar-refractivity contribution is 0.356. The van der Waals surface area contributed by atoms with E-state index in [1.54, 1.807) is 12.1 Å². The molecule has 2 heteroatoms. The second-order valence-corrected chi connectivity index (χ2v) is 9.20. The van der Waals surface area contributed by atoms with Crippen LogP contribution in [-0.4, -0.2) is 0 Å². The molecule has 7 aromatic carbocycles. The lowest BCUT2D eigenvalue weighted by Crippen LogP contribution is -2.11. The van der Waals surface area contributed by atoms with Crippen molar-refractivity contribution in [1.82, 2.24) is 0 Å². The highest BCUT2D eigenvalue weighted by Gasteiger charge is 2.21. The predicted molar refractivity (Wildman–Crippen MR) is 151 cm³/mol. The van der Waals surface area contributed by atoms with E-state index in [1.165, 1.54) is 21.5 Å². The van der Waals surface area contributed by atoms with Crippen LogP contribution in [0.3, 0.4) is 0 Å². The highest BCUT2D eigenvalue weighted by Crippen LogP contribution is 2.46. The molecular weight excluding hydrogens is 438 g/mol. The van der Waals surface area contributed by atoms with E-state index in [0.29, 0.717) is 5.69 Å². The summed E-state index contributed by atoms with van der Waals surface area (Å²) in [6.07, 6.45) is 0. The minimum Gasteiger partial charge on any atom is -0.306 e. The number of hydrogen-bond acceptors (Lipinski definition) is 1. The lowest BCUT2D eigenvalue weighted by atomic mass is 9.99. The Hall–Kier alpha value is -4.82. The summed E-state index contributed by atoms with van der Waals surface area (Å²) in [5.41, 5.74) is 2.61. The molecular formula is C34H22NO. The van der Waals surface area contributed by atoms with Crippen molar-refractivity contribution in [3.8, 4) is 5.75 Å². The molecule has 0 atom stereocenters. The molecule has 2 nitrogen and oxygen atoms in total. The van der Waals surface area contributed by atoms with Gasteiger partial charge in [-0.3, -0.25) is 5.11 Å². The zero-order valence-corrected chi connectivity index (χ0v) is 19.6. The quantitative estimate of drug-likeness (QED) is 0.241. The van der Waals surface area contributed by atoms with Crippen molar-refractivity contribution in [3.63, 3.8) is 0 Å². The van der Waals surface area contributed by atoms with Gasteiger partial charge in [0.1, 0.15) is 0 Å². The highest BCUT2D eigenvalue weighted by atomic mass is 16.3. The Kier molecular flexibility index (Phi) is 4.65. The molecule has 0 aliphatic rings. The summed E-state index contributed by atoms with van der Waals surface area (Å²) in [5, 5.41) is 22.5. The summed E-state index contributed by atoms with van der Waals surface area (Å²) in [6.45, 7) is 0. The van der Waals surface area contributed by atoms with Crippen LogP contribution in [0, 0.1) is 0 Å². The number of fused-ring (bicyclic) bond motifs is 4. The van der Waals surface area contributed by atoms with E-state index in [-0.39, 0.29) is 5.75 Å². The molecule has 1 radical (unpaired) electrons. The minimum atomic E-state index is -0.00640. The number of nitrogens with zero attached hydrogens (tertiary/aromatic N) is 1. The summed E-state index contributed by atoms with van der Waals surface area (Å²) >= 11 is 0.